The number of fused-ring (bicyclic) bond motifs is 5. The number of oxime groups is 1. The number of benzene rings is 2. The zero-order valence-electron chi connectivity index (χ0n) is 14.4. The number of hydrogen-bond donors (Lipinski definition) is 0. The van der Waals surface area contributed by atoms with E-state index in [1.165, 1.54) is 17.8 Å². The van der Waals surface area contributed by atoms with Crippen LogP contribution in [-0.4, -0.2) is 22.9 Å². The molecule has 3 aromatic rings. The van der Waals surface area contributed by atoms with Crippen LogP contribution in [-0.2, 0) is 16.2 Å². The summed E-state index contributed by atoms with van der Waals surface area (Å²) in [6, 6.07) is 12.5. The van der Waals surface area contributed by atoms with Gasteiger partial charge in [-0.3, -0.25) is 0 Å². The highest BCUT2D eigenvalue weighted by molar-refractivity contribution is 6.16. The molecule has 0 aliphatic carbocycles. The lowest BCUT2D eigenvalue weighted by molar-refractivity contribution is -0.140. The van der Waals surface area contributed by atoms with E-state index < -0.39 is 5.97 Å². The smallest absolute Gasteiger partial charge is 0.331 e. The van der Waals surface area contributed by atoms with Gasteiger partial charge in [0.1, 0.15) is 5.75 Å². The molecule has 25 heavy (non-hydrogen) atoms. The number of ether oxygens (including phenoxy) is 1. The third-order valence-electron chi connectivity index (χ3n) is 4.61. The van der Waals surface area contributed by atoms with Gasteiger partial charge in [0.25, 0.3) is 0 Å². The standard InChI is InChI=1S/C20H20N2O3/c1-3-22-17-9-5-4-7-15(17)19-18(22)11-10-14-16(21-25-13(2)23)8-6-12-24-20(14)19/h4-5,7,9-11H,3,6,8,12H2,1-2H3/b21-16+. The van der Waals surface area contributed by atoms with Crippen molar-refractivity contribution in [2.45, 2.75) is 33.2 Å². The van der Waals surface area contributed by atoms with Crippen molar-refractivity contribution in [1.29, 1.82) is 0 Å². The molecule has 1 aromatic heterocycles. The van der Waals surface area contributed by atoms with Crippen LogP contribution in [0.4, 0.5) is 0 Å². The van der Waals surface area contributed by atoms with Gasteiger partial charge >= 0.3 is 5.97 Å². The van der Waals surface area contributed by atoms with Crippen LogP contribution in [0.1, 0.15) is 32.3 Å². The molecule has 0 radical (unpaired) electrons. The van der Waals surface area contributed by atoms with Crippen LogP contribution in [0.5, 0.6) is 5.75 Å². The normalized spacial score (nSPS) is 15.8. The number of para-hydroxylation sites is 1. The predicted molar refractivity (Wildman–Crippen MR) is 98.2 cm³/mol. The average Bonchev–Trinajstić information content (AvgIpc) is 2.80. The van der Waals surface area contributed by atoms with Crippen molar-refractivity contribution < 1.29 is 14.4 Å². The molecule has 0 saturated carbocycles. The third-order valence-corrected chi connectivity index (χ3v) is 4.61. The fraction of sp³-hybridized carbons (Fsp3) is 0.300. The first-order chi connectivity index (χ1) is 12.2. The Hall–Kier alpha value is -2.82. The molecular weight excluding hydrogens is 316 g/mol. The summed E-state index contributed by atoms with van der Waals surface area (Å²) in [4.78, 5) is 16.1. The quantitative estimate of drug-likeness (QED) is 0.519. The van der Waals surface area contributed by atoms with Gasteiger partial charge in [0.15, 0.2) is 0 Å². The van der Waals surface area contributed by atoms with E-state index in [0.29, 0.717) is 6.61 Å². The van der Waals surface area contributed by atoms with Crippen LogP contribution in [0.3, 0.4) is 0 Å². The molecule has 0 bridgehead atoms. The van der Waals surface area contributed by atoms with Crippen LogP contribution in [0.25, 0.3) is 21.8 Å². The summed E-state index contributed by atoms with van der Waals surface area (Å²) < 4.78 is 8.42. The Labute approximate surface area is 145 Å². The lowest BCUT2D eigenvalue weighted by atomic mass is 10.0. The molecule has 0 unspecified atom stereocenters. The monoisotopic (exact) mass is 336 g/mol. The first kappa shape index (κ1) is 15.7. The number of aromatic nitrogens is 1. The summed E-state index contributed by atoms with van der Waals surface area (Å²) in [6.45, 7) is 5.01. The fourth-order valence-electron chi connectivity index (χ4n) is 3.59. The van der Waals surface area contributed by atoms with Crippen molar-refractivity contribution in [3.63, 3.8) is 0 Å². The molecule has 5 nitrogen and oxygen atoms in total. The molecule has 2 aromatic carbocycles. The molecule has 1 aliphatic rings. The zero-order valence-corrected chi connectivity index (χ0v) is 14.4. The fourth-order valence-corrected chi connectivity index (χ4v) is 3.59. The van der Waals surface area contributed by atoms with Gasteiger partial charge in [-0.1, -0.05) is 23.4 Å². The van der Waals surface area contributed by atoms with Crippen molar-refractivity contribution in [3.8, 4) is 5.75 Å². The van der Waals surface area contributed by atoms with Crippen molar-refractivity contribution >= 4 is 33.5 Å². The van der Waals surface area contributed by atoms with E-state index >= 15 is 0 Å². The number of nitrogens with zero attached hydrogens (tertiary/aromatic N) is 2. The first-order valence-electron chi connectivity index (χ1n) is 8.62. The van der Waals surface area contributed by atoms with Crippen LogP contribution in [0, 0.1) is 0 Å². The molecule has 0 atom stereocenters. The maximum absolute atomic E-state index is 11.1. The summed E-state index contributed by atoms with van der Waals surface area (Å²) in [5.41, 5.74) is 4.01. The van der Waals surface area contributed by atoms with E-state index in [9.17, 15) is 4.79 Å². The van der Waals surface area contributed by atoms with Crippen molar-refractivity contribution in [1.82, 2.24) is 4.57 Å². The molecule has 5 heteroatoms. The van der Waals surface area contributed by atoms with Crippen molar-refractivity contribution in [2.75, 3.05) is 6.61 Å². The minimum atomic E-state index is -0.414. The second-order valence-electron chi connectivity index (χ2n) is 6.17. The molecule has 2 heterocycles. The summed E-state index contributed by atoms with van der Waals surface area (Å²) in [6.07, 6.45) is 1.56. The van der Waals surface area contributed by atoms with Gasteiger partial charge in [-0.15, -0.1) is 0 Å². The Bertz CT molecular complexity index is 1000. The maximum Gasteiger partial charge on any atom is 0.331 e. The zero-order chi connectivity index (χ0) is 17.4. The largest absolute Gasteiger partial charge is 0.492 e. The number of rotatable bonds is 2. The Kier molecular flexibility index (Phi) is 3.92. The number of hydrogen-bond acceptors (Lipinski definition) is 4. The Morgan fingerprint density at radius 2 is 2.08 bits per heavy atom. The van der Waals surface area contributed by atoms with Crippen LogP contribution in [0.2, 0.25) is 0 Å². The summed E-state index contributed by atoms with van der Waals surface area (Å²) in [5, 5.41) is 6.35. The lowest BCUT2D eigenvalue weighted by Crippen LogP contribution is -2.03. The van der Waals surface area contributed by atoms with Gasteiger partial charge in [0.05, 0.1) is 23.2 Å². The molecule has 0 spiro atoms. The van der Waals surface area contributed by atoms with Gasteiger partial charge in [0, 0.05) is 29.9 Å². The highest BCUT2D eigenvalue weighted by Crippen LogP contribution is 2.39. The Balaban J connectivity index is 2.03. The SMILES string of the molecule is CCn1c2ccccc2c2c3c(ccc21)/C(=N/OC(C)=O)CCCO3. The van der Waals surface area contributed by atoms with Crippen molar-refractivity contribution in [2.24, 2.45) is 5.16 Å². The van der Waals surface area contributed by atoms with E-state index in [0.717, 1.165) is 47.3 Å². The van der Waals surface area contributed by atoms with Gasteiger partial charge < -0.3 is 14.1 Å². The highest BCUT2D eigenvalue weighted by atomic mass is 16.7. The summed E-state index contributed by atoms with van der Waals surface area (Å²) in [7, 11) is 0. The van der Waals surface area contributed by atoms with E-state index in [1.54, 1.807) is 0 Å². The highest BCUT2D eigenvalue weighted by Gasteiger charge is 2.22. The van der Waals surface area contributed by atoms with E-state index in [2.05, 4.69) is 40.9 Å². The number of carbonyl (C=O) groups is 1. The van der Waals surface area contributed by atoms with Gasteiger partial charge in [-0.05, 0) is 38.0 Å². The molecule has 0 amide bonds. The predicted octanol–water partition coefficient (Wildman–Crippen LogP) is 4.25. The van der Waals surface area contributed by atoms with Crippen LogP contribution >= 0.6 is 0 Å². The lowest BCUT2D eigenvalue weighted by Gasteiger charge is -2.10. The molecular formula is C20H20N2O3. The van der Waals surface area contributed by atoms with Gasteiger partial charge in [-0.25, -0.2) is 4.79 Å². The molecule has 0 N–H and O–H groups in total. The Morgan fingerprint density at radius 1 is 1.24 bits per heavy atom. The first-order valence-corrected chi connectivity index (χ1v) is 8.62. The number of carbonyl (C=O) groups excluding carboxylic acids is 1. The summed E-state index contributed by atoms with van der Waals surface area (Å²) >= 11 is 0. The third kappa shape index (κ3) is 2.56. The van der Waals surface area contributed by atoms with E-state index in [4.69, 9.17) is 9.57 Å². The average molecular weight is 336 g/mol. The second-order valence-corrected chi connectivity index (χ2v) is 6.17. The van der Waals surface area contributed by atoms with E-state index in [-0.39, 0.29) is 0 Å². The molecule has 128 valence electrons. The maximum atomic E-state index is 11.1. The van der Waals surface area contributed by atoms with Crippen molar-refractivity contribution in [3.05, 3.63) is 42.0 Å². The topological polar surface area (TPSA) is 52.8 Å². The second kappa shape index (κ2) is 6.24. The van der Waals surface area contributed by atoms with E-state index in [1.807, 2.05) is 12.1 Å². The van der Waals surface area contributed by atoms with Crippen LogP contribution in [0.15, 0.2) is 41.6 Å². The molecule has 4 rings (SSSR count). The molecule has 0 fully saturated rings. The summed E-state index contributed by atoms with van der Waals surface area (Å²) in [5.74, 6) is 0.423. The molecule has 0 saturated heterocycles. The van der Waals surface area contributed by atoms with Gasteiger partial charge in [-0.2, -0.15) is 0 Å². The minimum Gasteiger partial charge on any atom is -0.492 e. The van der Waals surface area contributed by atoms with Crippen LogP contribution < -0.4 is 4.74 Å². The minimum absolute atomic E-state index is 0.414. The number of aryl methyl sites for hydroxylation is 1. The Morgan fingerprint density at radius 3 is 2.88 bits per heavy atom. The van der Waals surface area contributed by atoms with Gasteiger partial charge in [0.2, 0.25) is 0 Å². The molecule has 1 aliphatic heterocycles.